The van der Waals surface area contributed by atoms with Crippen molar-refractivity contribution in [2.45, 2.75) is 25.4 Å². The van der Waals surface area contributed by atoms with Gasteiger partial charge in [-0.25, -0.2) is 4.79 Å². The Morgan fingerprint density at radius 3 is 2.38 bits per heavy atom. The van der Waals surface area contributed by atoms with Gasteiger partial charge in [0, 0.05) is 24.2 Å². The molecule has 6 heteroatoms. The molecular formula is C18H20N2O3S. The van der Waals surface area contributed by atoms with Crippen molar-refractivity contribution in [3.05, 3.63) is 47.7 Å². The molecule has 1 amide bonds. The number of thiol groups is 1. The predicted octanol–water partition coefficient (Wildman–Crippen LogP) is 2.14. The van der Waals surface area contributed by atoms with E-state index in [1.807, 2.05) is 30.7 Å². The number of aryl methyl sites for hydroxylation is 1. The number of rotatable bonds is 5. The second kappa shape index (κ2) is 6.36. The molecule has 0 radical (unpaired) electrons. The molecule has 3 rings (SSSR count). The van der Waals surface area contributed by atoms with Gasteiger partial charge in [-0.15, -0.1) is 0 Å². The highest BCUT2D eigenvalue weighted by Crippen LogP contribution is 2.31. The van der Waals surface area contributed by atoms with Gasteiger partial charge >= 0.3 is 5.97 Å². The zero-order chi connectivity index (χ0) is 17.4. The first-order valence-corrected chi connectivity index (χ1v) is 8.43. The third kappa shape index (κ3) is 2.94. The first-order valence-electron chi connectivity index (χ1n) is 7.80. The van der Waals surface area contributed by atoms with Gasteiger partial charge in [-0.2, -0.15) is 12.6 Å². The molecule has 0 bridgehead atoms. The van der Waals surface area contributed by atoms with Crippen LogP contribution in [-0.4, -0.2) is 44.3 Å². The molecule has 0 aliphatic carbocycles. The topological polar surface area (TPSA) is 62.3 Å². The molecule has 1 aromatic heterocycles. The summed E-state index contributed by atoms with van der Waals surface area (Å²) in [5, 5.41) is 9.14. The van der Waals surface area contributed by atoms with E-state index in [4.69, 9.17) is 5.11 Å². The van der Waals surface area contributed by atoms with Gasteiger partial charge in [-0.05, 0) is 24.6 Å². The first-order chi connectivity index (χ1) is 11.4. The van der Waals surface area contributed by atoms with Gasteiger partial charge in [0.2, 0.25) is 5.91 Å². The number of hydrogen-bond acceptors (Lipinski definition) is 3. The number of carbonyl (C=O) groups is 2. The number of carbonyl (C=O) groups excluding carboxylic acids is 1. The predicted molar refractivity (Wildman–Crippen MR) is 95.2 cm³/mol. The SMILES string of the molecule is Cc1ccc(-c2ccc(CC(=O)N3C(CS)C3C(=O)O)n2C)cc1. The van der Waals surface area contributed by atoms with Crippen molar-refractivity contribution < 1.29 is 14.7 Å². The lowest BCUT2D eigenvalue weighted by Gasteiger charge is -2.09. The van der Waals surface area contributed by atoms with Crippen LogP contribution in [0.2, 0.25) is 0 Å². The van der Waals surface area contributed by atoms with Crippen molar-refractivity contribution in [1.82, 2.24) is 9.47 Å². The highest BCUT2D eigenvalue weighted by molar-refractivity contribution is 7.80. The monoisotopic (exact) mass is 344 g/mol. The summed E-state index contributed by atoms with van der Waals surface area (Å²) in [6.45, 7) is 2.04. The largest absolute Gasteiger partial charge is 0.480 e. The van der Waals surface area contributed by atoms with E-state index in [2.05, 4.69) is 36.9 Å². The van der Waals surface area contributed by atoms with Gasteiger partial charge in [0.15, 0.2) is 6.04 Å². The van der Waals surface area contributed by atoms with E-state index < -0.39 is 12.0 Å². The zero-order valence-corrected chi connectivity index (χ0v) is 14.5. The Balaban J connectivity index is 1.76. The van der Waals surface area contributed by atoms with Crippen LogP contribution in [0.15, 0.2) is 36.4 Å². The fraction of sp³-hybridized carbons (Fsp3) is 0.333. The summed E-state index contributed by atoms with van der Waals surface area (Å²) in [5.41, 5.74) is 4.18. The molecule has 1 fully saturated rings. The van der Waals surface area contributed by atoms with E-state index >= 15 is 0 Å². The molecule has 2 atom stereocenters. The lowest BCUT2D eigenvalue weighted by molar-refractivity contribution is -0.139. The van der Waals surface area contributed by atoms with Crippen molar-refractivity contribution >= 4 is 24.5 Å². The summed E-state index contributed by atoms with van der Waals surface area (Å²) < 4.78 is 1.98. The van der Waals surface area contributed by atoms with Crippen LogP contribution in [0.25, 0.3) is 11.3 Å². The van der Waals surface area contributed by atoms with Gasteiger partial charge in [-0.3, -0.25) is 4.79 Å². The van der Waals surface area contributed by atoms with E-state index in [1.165, 1.54) is 10.5 Å². The minimum atomic E-state index is -0.963. The van der Waals surface area contributed by atoms with Gasteiger partial charge in [-0.1, -0.05) is 29.8 Å². The van der Waals surface area contributed by atoms with Crippen LogP contribution in [0, 0.1) is 6.92 Å². The number of aromatic nitrogens is 1. The summed E-state index contributed by atoms with van der Waals surface area (Å²) in [4.78, 5) is 25.0. The number of carboxylic acid groups (broad SMARTS) is 1. The molecule has 0 saturated carbocycles. The third-order valence-electron chi connectivity index (χ3n) is 4.57. The van der Waals surface area contributed by atoms with Crippen LogP contribution in [0.4, 0.5) is 0 Å². The Kier molecular flexibility index (Phi) is 4.41. The van der Waals surface area contributed by atoms with Crippen LogP contribution in [-0.2, 0) is 23.1 Å². The number of amides is 1. The van der Waals surface area contributed by atoms with E-state index in [-0.39, 0.29) is 18.4 Å². The standard InChI is InChI=1S/C18H20N2O3S/c1-11-3-5-12(6-4-11)14-8-7-13(19(14)2)9-16(21)20-15(10-24)17(20)18(22)23/h3-8,15,17,24H,9-10H2,1-2H3,(H,22,23). The smallest absolute Gasteiger partial charge is 0.328 e. The summed E-state index contributed by atoms with van der Waals surface area (Å²) in [5.74, 6) is -0.766. The van der Waals surface area contributed by atoms with Crippen LogP contribution in [0.3, 0.4) is 0 Å². The number of aliphatic carboxylic acids is 1. The van der Waals surface area contributed by atoms with Crippen molar-refractivity contribution in [3.8, 4) is 11.3 Å². The van der Waals surface area contributed by atoms with Crippen LogP contribution < -0.4 is 0 Å². The number of nitrogens with zero attached hydrogens (tertiary/aromatic N) is 2. The molecule has 2 heterocycles. The Labute approximate surface area is 146 Å². The van der Waals surface area contributed by atoms with Crippen LogP contribution >= 0.6 is 12.6 Å². The summed E-state index contributed by atoms with van der Waals surface area (Å²) >= 11 is 4.13. The molecule has 1 aromatic carbocycles. The molecule has 1 saturated heterocycles. The third-order valence-corrected chi connectivity index (χ3v) is 4.94. The Bertz CT molecular complexity index is 782. The summed E-state index contributed by atoms with van der Waals surface area (Å²) in [6, 6.07) is 11.1. The molecule has 2 unspecified atom stereocenters. The van der Waals surface area contributed by atoms with Crippen molar-refractivity contribution in [1.29, 1.82) is 0 Å². The molecule has 5 nitrogen and oxygen atoms in total. The van der Waals surface area contributed by atoms with Crippen molar-refractivity contribution in [2.75, 3.05) is 5.75 Å². The zero-order valence-electron chi connectivity index (χ0n) is 13.6. The quantitative estimate of drug-likeness (QED) is 0.645. The number of benzene rings is 1. The Hall–Kier alpha value is -2.21. The van der Waals surface area contributed by atoms with Crippen molar-refractivity contribution in [3.63, 3.8) is 0 Å². The van der Waals surface area contributed by atoms with Crippen molar-refractivity contribution in [2.24, 2.45) is 7.05 Å². The van der Waals surface area contributed by atoms with Gasteiger partial charge in [0.05, 0.1) is 12.5 Å². The summed E-state index contributed by atoms with van der Waals surface area (Å²) in [7, 11) is 1.92. The molecular weight excluding hydrogens is 324 g/mol. The van der Waals surface area contributed by atoms with Gasteiger partial charge < -0.3 is 14.6 Å². The lowest BCUT2D eigenvalue weighted by Crippen LogP contribution is -2.21. The average Bonchev–Trinajstić information content (AvgIpc) is 3.20. The van der Waals surface area contributed by atoms with E-state index in [0.29, 0.717) is 5.75 Å². The maximum absolute atomic E-state index is 12.4. The summed E-state index contributed by atoms with van der Waals surface area (Å²) in [6.07, 6.45) is 0.191. The fourth-order valence-electron chi connectivity index (χ4n) is 3.08. The minimum Gasteiger partial charge on any atom is -0.480 e. The lowest BCUT2D eigenvalue weighted by atomic mass is 10.1. The average molecular weight is 344 g/mol. The molecule has 1 aliphatic heterocycles. The maximum atomic E-state index is 12.4. The first kappa shape index (κ1) is 16.6. The number of carboxylic acids is 1. The maximum Gasteiger partial charge on any atom is 0.328 e. The Morgan fingerprint density at radius 1 is 1.17 bits per heavy atom. The minimum absolute atomic E-state index is 0.168. The fourth-order valence-corrected chi connectivity index (χ4v) is 3.46. The van der Waals surface area contributed by atoms with Crippen LogP contribution in [0.1, 0.15) is 11.3 Å². The molecule has 0 spiro atoms. The van der Waals surface area contributed by atoms with Crippen LogP contribution in [0.5, 0.6) is 0 Å². The normalized spacial score (nSPS) is 19.4. The molecule has 2 aromatic rings. The highest BCUT2D eigenvalue weighted by atomic mass is 32.1. The van der Waals surface area contributed by atoms with Gasteiger partial charge in [0.1, 0.15) is 0 Å². The highest BCUT2D eigenvalue weighted by Gasteiger charge is 2.54. The Morgan fingerprint density at radius 2 is 1.83 bits per heavy atom. The van der Waals surface area contributed by atoms with E-state index in [1.54, 1.807) is 0 Å². The molecule has 126 valence electrons. The molecule has 1 aliphatic rings. The van der Waals surface area contributed by atoms with Gasteiger partial charge in [0.25, 0.3) is 0 Å². The van der Waals surface area contributed by atoms with E-state index in [0.717, 1.165) is 17.0 Å². The second-order valence-corrected chi connectivity index (χ2v) is 6.51. The second-order valence-electron chi connectivity index (χ2n) is 6.15. The number of hydrogen-bond donors (Lipinski definition) is 2. The molecule has 24 heavy (non-hydrogen) atoms. The van der Waals surface area contributed by atoms with E-state index in [9.17, 15) is 9.59 Å². The molecule has 1 N–H and O–H groups in total.